The van der Waals surface area contributed by atoms with Crippen LogP contribution in [0.5, 0.6) is 0 Å². The topological polar surface area (TPSA) is 35.8 Å². The van der Waals surface area contributed by atoms with E-state index in [9.17, 15) is 5.21 Å². The summed E-state index contributed by atoms with van der Waals surface area (Å²) in [5, 5.41) is 13.8. The molecule has 0 saturated carbocycles. The molecule has 2 atom stereocenters. The van der Waals surface area contributed by atoms with E-state index in [-0.39, 0.29) is 0 Å². The highest BCUT2D eigenvalue weighted by atomic mass is 32.2. The molecule has 4 aromatic rings. The van der Waals surface area contributed by atoms with E-state index in [2.05, 4.69) is 108 Å². The number of hydrogen-bond acceptors (Lipinski definition) is 5. The Labute approximate surface area is 227 Å². The van der Waals surface area contributed by atoms with Gasteiger partial charge in [-0.25, -0.2) is 4.31 Å². The van der Waals surface area contributed by atoms with E-state index in [1.54, 1.807) is 11.8 Å². The molecule has 0 spiro atoms. The normalized spacial score (nSPS) is 20.1. The summed E-state index contributed by atoms with van der Waals surface area (Å²) in [5.41, 5.74) is 7.36. The number of piperidine rings is 1. The first-order valence-electron chi connectivity index (χ1n) is 12.8. The second-order valence-corrected chi connectivity index (χ2v) is 12.6. The van der Waals surface area contributed by atoms with E-state index in [0.717, 1.165) is 52.1 Å². The van der Waals surface area contributed by atoms with Crippen LogP contribution in [0.3, 0.4) is 0 Å². The minimum absolute atomic E-state index is 0.662. The van der Waals surface area contributed by atoms with Crippen LogP contribution in [0.2, 0.25) is 0 Å². The average Bonchev–Trinajstić information content (AvgIpc) is 3.21. The number of rotatable bonds is 5. The van der Waals surface area contributed by atoms with Gasteiger partial charge in [-0.05, 0) is 88.9 Å². The number of oxime groups is 1. The largest absolute Gasteiger partial charge is 0.410 e. The molecule has 1 saturated heterocycles. The minimum atomic E-state index is 0.662. The van der Waals surface area contributed by atoms with E-state index in [1.165, 1.54) is 27.3 Å². The van der Waals surface area contributed by atoms with Crippen molar-refractivity contribution in [1.82, 2.24) is 4.31 Å². The second kappa shape index (κ2) is 10.4. The summed E-state index contributed by atoms with van der Waals surface area (Å²) in [4.78, 5) is 3.51. The molecule has 1 heterocycles. The fraction of sp³-hybridized carbons (Fsp3) is 0.219. The van der Waals surface area contributed by atoms with Crippen LogP contribution in [-0.2, 0) is 0 Å². The molecule has 0 radical (unpaired) electrons. The number of hydrogen-bond donors (Lipinski definition) is 1. The van der Waals surface area contributed by atoms with Crippen molar-refractivity contribution < 1.29 is 5.21 Å². The summed E-state index contributed by atoms with van der Waals surface area (Å²) >= 11 is 3.55. The molecule has 0 unspecified atom stereocenters. The Balaban J connectivity index is 1.22. The molecule has 0 aromatic heterocycles. The van der Waals surface area contributed by atoms with Crippen LogP contribution in [0.25, 0.3) is 22.3 Å². The van der Waals surface area contributed by atoms with Gasteiger partial charge in [0.1, 0.15) is 5.71 Å². The smallest absolute Gasteiger partial charge is 0.118 e. The zero-order valence-corrected chi connectivity index (χ0v) is 22.7. The molecule has 1 fully saturated rings. The molecule has 4 aromatic carbocycles. The highest BCUT2D eigenvalue weighted by molar-refractivity contribution is 7.99. The van der Waals surface area contributed by atoms with Crippen LogP contribution in [0.15, 0.2) is 111 Å². The van der Waals surface area contributed by atoms with Crippen LogP contribution in [0.1, 0.15) is 31.4 Å². The van der Waals surface area contributed by atoms with Gasteiger partial charge in [-0.3, -0.25) is 0 Å². The van der Waals surface area contributed by atoms with Gasteiger partial charge in [0.05, 0.1) is 0 Å². The lowest BCUT2D eigenvalue weighted by Gasteiger charge is -2.33. The summed E-state index contributed by atoms with van der Waals surface area (Å²) in [6.07, 6.45) is 1.30. The third-order valence-electron chi connectivity index (χ3n) is 7.15. The maximum Gasteiger partial charge on any atom is 0.118 e. The molecular weight excluding hydrogens is 492 g/mol. The first kappa shape index (κ1) is 24.4. The van der Waals surface area contributed by atoms with Crippen molar-refractivity contribution in [2.45, 2.75) is 35.0 Å². The number of nitrogens with zero attached hydrogens (tertiary/aromatic N) is 2. The fourth-order valence-corrected chi connectivity index (χ4v) is 7.71. The Bertz CT molecular complexity index is 1440. The quantitative estimate of drug-likeness (QED) is 0.142. The molecule has 1 N–H and O–H groups in total. The van der Waals surface area contributed by atoms with Crippen LogP contribution < -0.4 is 0 Å². The van der Waals surface area contributed by atoms with Gasteiger partial charge in [0.15, 0.2) is 0 Å². The Morgan fingerprint density at radius 3 is 1.89 bits per heavy atom. The molecular formula is C32H30N2OS2. The lowest BCUT2D eigenvalue weighted by atomic mass is 9.94. The van der Waals surface area contributed by atoms with E-state index in [1.807, 2.05) is 18.0 Å². The van der Waals surface area contributed by atoms with Crippen molar-refractivity contribution in [1.29, 1.82) is 0 Å². The van der Waals surface area contributed by atoms with Crippen molar-refractivity contribution in [2.75, 3.05) is 13.1 Å². The van der Waals surface area contributed by atoms with Gasteiger partial charge in [-0.1, -0.05) is 85.4 Å². The fourth-order valence-electron chi connectivity index (χ4n) is 5.59. The van der Waals surface area contributed by atoms with Crippen LogP contribution in [-0.4, -0.2) is 28.3 Å². The number of benzene rings is 4. The summed E-state index contributed by atoms with van der Waals surface area (Å²) in [6.45, 7) is 6.90. The zero-order valence-electron chi connectivity index (χ0n) is 21.1. The predicted octanol–water partition coefficient (Wildman–Crippen LogP) is 8.70. The first-order valence-corrected chi connectivity index (χ1v) is 14.4. The standard InChI is InChI=1S/C32H30N2OS2/c1-21-16-22(2)20-34(19-21)37-27-13-15-29-28-14-12-26(17-30(28)32(33-35)31(29)18-27)36-25-10-8-24(9-11-25)23-6-4-3-5-7-23/h3-15,17-18,21-22,35H,16,19-20H2,1-2H3/b33-32-/t21-,22+. The molecule has 1 aliphatic carbocycles. The van der Waals surface area contributed by atoms with E-state index in [0.29, 0.717) is 5.71 Å². The molecule has 1 aliphatic heterocycles. The monoisotopic (exact) mass is 522 g/mol. The average molecular weight is 523 g/mol. The van der Waals surface area contributed by atoms with E-state index < -0.39 is 0 Å². The lowest BCUT2D eigenvalue weighted by molar-refractivity contribution is 0.237. The van der Waals surface area contributed by atoms with Gasteiger partial charge in [-0.2, -0.15) is 0 Å². The lowest BCUT2D eigenvalue weighted by Crippen LogP contribution is -2.33. The molecule has 5 heteroatoms. The third kappa shape index (κ3) is 5.08. The van der Waals surface area contributed by atoms with E-state index >= 15 is 0 Å². The van der Waals surface area contributed by atoms with Crippen LogP contribution >= 0.6 is 23.7 Å². The SMILES string of the molecule is C[C@@H]1C[C@H](C)CN(Sc2ccc3c(c2)/C(=N\O)c2cc(Sc4ccc(-c5ccccc5)cc4)ccc2-3)C1. The first-order chi connectivity index (χ1) is 18.1. The molecule has 186 valence electrons. The van der Waals surface area contributed by atoms with E-state index in [4.69, 9.17) is 0 Å². The van der Waals surface area contributed by atoms with Gasteiger partial charge >= 0.3 is 0 Å². The minimum Gasteiger partial charge on any atom is -0.410 e. The van der Waals surface area contributed by atoms with Gasteiger partial charge in [0, 0.05) is 38.9 Å². The highest BCUT2D eigenvalue weighted by Gasteiger charge is 2.28. The maximum absolute atomic E-state index is 10.0. The van der Waals surface area contributed by atoms with Gasteiger partial charge in [-0.15, -0.1) is 0 Å². The highest BCUT2D eigenvalue weighted by Crippen LogP contribution is 2.42. The van der Waals surface area contributed by atoms with Gasteiger partial charge < -0.3 is 5.21 Å². The van der Waals surface area contributed by atoms with Crippen molar-refractivity contribution >= 4 is 29.4 Å². The van der Waals surface area contributed by atoms with Crippen LogP contribution in [0, 0.1) is 11.8 Å². The Hall–Kier alpha value is -2.99. The predicted molar refractivity (Wildman–Crippen MR) is 156 cm³/mol. The molecule has 37 heavy (non-hydrogen) atoms. The second-order valence-electron chi connectivity index (χ2n) is 10.2. The zero-order chi connectivity index (χ0) is 25.4. The number of fused-ring (bicyclic) bond motifs is 3. The summed E-state index contributed by atoms with van der Waals surface area (Å²) in [5.74, 6) is 1.44. The molecule has 0 amide bonds. The summed E-state index contributed by atoms with van der Waals surface area (Å²) in [6, 6.07) is 32.2. The van der Waals surface area contributed by atoms with Crippen molar-refractivity contribution in [2.24, 2.45) is 17.0 Å². The third-order valence-corrected chi connectivity index (χ3v) is 9.17. The van der Waals surface area contributed by atoms with Gasteiger partial charge in [0.25, 0.3) is 0 Å². The van der Waals surface area contributed by atoms with Crippen molar-refractivity contribution in [3.05, 3.63) is 102 Å². The Kier molecular flexibility index (Phi) is 6.85. The molecule has 6 rings (SSSR count). The van der Waals surface area contributed by atoms with Crippen molar-refractivity contribution in [3.63, 3.8) is 0 Å². The molecule has 3 nitrogen and oxygen atoms in total. The summed E-state index contributed by atoms with van der Waals surface area (Å²) in [7, 11) is 0. The summed E-state index contributed by atoms with van der Waals surface area (Å²) < 4.78 is 2.48. The molecule has 2 aliphatic rings. The van der Waals surface area contributed by atoms with Gasteiger partial charge in [0.2, 0.25) is 0 Å². The Morgan fingerprint density at radius 1 is 0.676 bits per heavy atom. The maximum atomic E-state index is 10.0. The Morgan fingerprint density at radius 2 is 1.24 bits per heavy atom. The molecule has 0 bridgehead atoms. The van der Waals surface area contributed by atoms with Crippen molar-refractivity contribution in [3.8, 4) is 22.3 Å². The van der Waals surface area contributed by atoms with Crippen LogP contribution in [0.4, 0.5) is 0 Å².